The minimum Gasteiger partial charge on any atom is -0.497 e. The monoisotopic (exact) mass is 347 g/mol. The molecule has 2 aliphatic rings. The minimum atomic E-state index is -0.383. The molecule has 0 aromatic heterocycles. The molecule has 2 aliphatic heterocycles. The van der Waals surface area contributed by atoms with E-state index in [1.165, 1.54) is 24.8 Å². The van der Waals surface area contributed by atoms with Gasteiger partial charge in [-0.1, -0.05) is 18.6 Å². The Balaban J connectivity index is 1.65. The number of benzene rings is 1. The van der Waals surface area contributed by atoms with Gasteiger partial charge < -0.3 is 20.1 Å². The fourth-order valence-electron chi connectivity index (χ4n) is 3.56. The highest BCUT2D eigenvalue weighted by molar-refractivity contribution is 5.81. The van der Waals surface area contributed by atoms with Crippen LogP contribution >= 0.6 is 0 Å². The van der Waals surface area contributed by atoms with E-state index in [4.69, 9.17) is 9.47 Å². The van der Waals surface area contributed by atoms with Crippen LogP contribution in [0.5, 0.6) is 5.75 Å². The molecule has 0 aliphatic carbocycles. The summed E-state index contributed by atoms with van der Waals surface area (Å²) in [5.41, 5.74) is 1.21. The topological polar surface area (TPSA) is 62.8 Å². The molecule has 0 spiro atoms. The van der Waals surface area contributed by atoms with Gasteiger partial charge in [-0.2, -0.15) is 0 Å². The number of nitrogens with zero attached hydrogens (tertiary/aromatic N) is 1. The van der Waals surface area contributed by atoms with E-state index < -0.39 is 0 Å². The van der Waals surface area contributed by atoms with Crippen molar-refractivity contribution in [1.82, 2.24) is 15.5 Å². The van der Waals surface area contributed by atoms with E-state index in [2.05, 4.69) is 27.7 Å². The Bertz CT molecular complexity index is 537. The summed E-state index contributed by atoms with van der Waals surface area (Å²) in [4.78, 5) is 14.9. The normalized spacial score (nSPS) is 23.0. The van der Waals surface area contributed by atoms with Crippen LogP contribution in [-0.2, 0) is 9.53 Å². The molecule has 0 radical (unpaired) electrons. The molecule has 2 fully saturated rings. The number of nitrogens with one attached hydrogen (secondary N) is 2. The fraction of sp³-hybridized carbons (Fsp3) is 0.632. The van der Waals surface area contributed by atoms with Crippen molar-refractivity contribution in [3.63, 3.8) is 0 Å². The van der Waals surface area contributed by atoms with Crippen LogP contribution in [0.4, 0.5) is 0 Å². The molecule has 1 unspecified atom stereocenters. The minimum absolute atomic E-state index is 0.0253. The number of hydrogen-bond donors (Lipinski definition) is 2. The molecule has 1 amide bonds. The van der Waals surface area contributed by atoms with E-state index in [9.17, 15) is 4.79 Å². The Kier molecular flexibility index (Phi) is 6.67. The van der Waals surface area contributed by atoms with Crippen LogP contribution in [0.25, 0.3) is 0 Å². The number of morpholine rings is 1. The summed E-state index contributed by atoms with van der Waals surface area (Å²) in [6, 6.07) is 8.36. The van der Waals surface area contributed by atoms with Crippen molar-refractivity contribution in [2.75, 3.05) is 46.4 Å². The lowest BCUT2D eigenvalue weighted by atomic mass is 10.0. The first kappa shape index (κ1) is 18.2. The van der Waals surface area contributed by atoms with Gasteiger partial charge in [-0.05, 0) is 43.6 Å². The zero-order chi connectivity index (χ0) is 17.5. The molecule has 2 atom stereocenters. The summed E-state index contributed by atoms with van der Waals surface area (Å²) in [7, 11) is 1.68. The maximum atomic E-state index is 12.4. The van der Waals surface area contributed by atoms with Crippen LogP contribution in [0.2, 0.25) is 0 Å². The Morgan fingerprint density at radius 1 is 1.32 bits per heavy atom. The van der Waals surface area contributed by atoms with Crippen LogP contribution in [0.3, 0.4) is 0 Å². The lowest BCUT2D eigenvalue weighted by molar-refractivity contribution is -0.134. The van der Waals surface area contributed by atoms with Crippen molar-refractivity contribution in [2.45, 2.75) is 31.4 Å². The second-order valence-electron chi connectivity index (χ2n) is 6.69. The van der Waals surface area contributed by atoms with Gasteiger partial charge in [0.1, 0.15) is 11.9 Å². The largest absolute Gasteiger partial charge is 0.497 e. The highest BCUT2D eigenvalue weighted by Gasteiger charge is 2.26. The van der Waals surface area contributed by atoms with E-state index >= 15 is 0 Å². The molecule has 0 saturated carbocycles. The number of hydrogen-bond acceptors (Lipinski definition) is 5. The molecule has 2 heterocycles. The van der Waals surface area contributed by atoms with Crippen molar-refractivity contribution in [3.05, 3.63) is 29.8 Å². The van der Waals surface area contributed by atoms with Crippen LogP contribution < -0.4 is 15.4 Å². The molecule has 0 bridgehead atoms. The lowest BCUT2D eigenvalue weighted by Crippen LogP contribution is -2.49. The summed E-state index contributed by atoms with van der Waals surface area (Å²) in [5.74, 6) is 0.828. The van der Waals surface area contributed by atoms with E-state index in [1.807, 2.05) is 12.1 Å². The molecule has 1 aromatic rings. The number of rotatable bonds is 6. The molecule has 138 valence electrons. The van der Waals surface area contributed by atoms with Crippen LogP contribution in [0, 0.1) is 0 Å². The number of methoxy groups -OCH3 is 1. The Labute approximate surface area is 149 Å². The first-order chi connectivity index (χ1) is 12.3. The number of carbonyl (C=O) groups is 1. The Morgan fingerprint density at radius 2 is 2.08 bits per heavy atom. The van der Waals surface area contributed by atoms with Crippen molar-refractivity contribution in [2.24, 2.45) is 0 Å². The lowest BCUT2D eigenvalue weighted by Gasteiger charge is -2.35. The zero-order valence-electron chi connectivity index (χ0n) is 15.0. The molecular weight excluding hydrogens is 318 g/mol. The standard InChI is InChI=1S/C19H29N3O3/c1-24-16-7-5-15(6-8-16)17(22-10-3-2-4-11-22)13-21-19(23)18-14-20-9-12-25-18/h5-8,17-18,20H,2-4,9-14H2,1H3,(H,21,23)/t17?,18-/m1/s1. The van der Waals surface area contributed by atoms with Gasteiger partial charge in [-0.15, -0.1) is 0 Å². The van der Waals surface area contributed by atoms with Gasteiger partial charge >= 0.3 is 0 Å². The van der Waals surface area contributed by atoms with Gasteiger partial charge in [0.05, 0.1) is 19.8 Å². The molecule has 2 N–H and O–H groups in total. The Hall–Kier alpha value is -1.63. The number of ether oxygens (including phenoxy) is 2. The highest BCUT2D eigenvalue weighted by atomic mass is 16.5. The first-order valence-electron chi connectivity index (χ1n) is 9.26. The molecule has 25 heavy (non-hydrogen) atoms. The quantitative estimate of drug-likeness (QED) is 0.813. The summed E-state index contributed by atoms with van der Waals surface area (Å²) < 4.78 is 10.8. The summed E-state index contributed by atoms with van der Waals surface area (Å²) in [5, 5.41) is 6.30. The van der Waals surface area contributed by atoms with Gasteiger partial charge in [0, 0.05) is 19.6 Å². The van der Waals surface area contributed by atoms with Crippen molar-refractivity contribution in [1.29, 1.82) is 0 Å². The summed E-state index contributed by atoms with van der Waals surface area (Å²) >= 11 is 0. The van der Waals surface area contributed by atoms with Gasteiger partial charge in [-0.25, -0.2) is 0 Å². The SMILES string of the molecule is COc1ccc(C(CNC(=O)[C@H]2CNCCO2)N2CCCCC2)cc1. The fourth-order valence-corrected chi connectivity index (χ4v) is 3.56. The maximum Gasteiger partial charge on any atom is 0.250 e. The van der Waals surface area contributed by atoms with Gasteiger partial charge in [0.15, 0.2) is 0 Å². The van der Waals surface area contributed by atoms with Crippen molar-refractivity contribution in [3.8, 4) is 5.75 Å². The number of amides is 1. The predicted molar refractivity (Wildman–Crippen MR) is 96.8 cm³/mol. The van der Waals surface area contributed by atoms with E-state index in [0.717, 1.165) is 25.4 Å². The molecule has 6 heteroatoms. The summed E-state index contributed by atoms with van der Waals surface area (Å²) in [6.45, 7) is 4.74. The average Bonchev–Trinajstić information content (AvgIpc) is 2.70. The predicted octanol–water partition coefficient (Wildman–Crippen LogP) is 1.33. The second-order valence-corrected chi connectivity index (χ2v) is 6.69. The molecule has 3 rings (SSSR count). The number of likely N-dealkylation sites (tertiary alicyclic amines) is 1. The van der Waals surface area contributed by atoms with Gasteiger partial charge in [0.2, 0.25) is 0 Å². The number of carbonyl (C=O) groups excluding carboxylic acids is 1. The average molecular weight is 347 g/mol. The van der Waals surface area contributed by atoms with Crippen molar-refractivity contribution >= 4 is 5.91 Å². The van der Waals surface area contributed by atoms with Gasteiger partial charge in [-0.3, -0.25) is 9.69 Å². The molecule has 1 aromatic carbocycles. The molecular formula is C19H29N3O3. The maximum absolute atomic E-state index is 12.4. The van der Waals surface area contributed by atoms with Crippen molar-refractivity contribution < 1.29 is 14.3 Å². The third-order valence-electron chi connectivity index (χ3n) is 5.02. The van der Waals surface area contributed by atoms with E-state index in [0.29, 0.717) is 19.7 Å². The van der Waals surface area contributed by atoms with Crippen LogP contribution in [0.1, 0.15) is 30.9 Å². The van der Waals surface area contributed by atoms with Crippen LogP contribution in [-0.4, -0.2) is 63.4 Å². The Morgan fingerprint density at radius 3 is 2.72 bits per heavy atom. The zero-order valence-corrected chi connectivity index (χ0v) is 15.0. The smallest absolute Gasteiger partial charge is 0.250 e. The van der Waals surface area contributed by atoms with E-state index in [1.54, 1.807) is 7.11 Å². The number of piperidine rings is 1. The summed E-state index contributed by atoms with van der Waals surface area (Å²) in [6.07, 6.45) is 3.35. The van der Waals surface area contributed by atoms with Gasteiger partial charge in [0.25, 0.3) is 5.91 Å². The van der Waals surface area contributed by atoms with E-state index in [-0.39, 0.29) is 18.1 Å². The second kappa shape index (κ2) is 9.17. The highest BCUT2D eigenvalue weighted by Crippen LogP contribution is 2.25. The molecule has 2 saturated heterocycles. The molecule has 6 nitrogen and oxygen atoms in total. The first-order valence-corrected chi connectivity index (χ1v) is 9.26. The van der Waals surface area contributed by atoms with Crippen LogP contribution in [0.15, 0.2) is 24.3 Å². The third kappa shape index (κ3) is 4.93. The third-order valence-corrected chi connectivity index (χ3v) is 5.02.